The fourth-order valence-corrected chi connectivity index (χ4v) is 3.16. The third kappa shape index (κ3) is 5.10. The molecule has 152 valence electrons. The first-order valence-electron chi connectivity index (χ1n) is 9.30. The highest BCUT2D eigenvalue weighted by Gasteiger charge is 2.21. The van der Waals surface area contributed by atoms with Crippen molar-refractivity contribution in [1.29, 1.82) is 0 Å². The van der Waals surface area contributed by atoms with Gasteiger partial charge in [0, 0.05) is 24.7 Å². The molecule has 4 rings (SSSR count). The molecule has 0 bridgehead atoms. The van der Waals surface area contributed by atoms with Gasteiger partial charge in [-0.05, 0) is 62.3 Å². The molecule has 29 heavy (non-hydrogen) atoms. The Morgan fingerprint density at radius 3 is 2.62 bits per heavy atom. The summed E-state index contributed by atoms with van der Waals surface area (Å²) in [6.45, 7) is 1.94. The summed E-state index contributed by atoms with van der Waals surface area (Å²) in [7, 11) is 1.79. The number of anilines is 1. The summed E-state index contributed by atoms with van der Waals surface area (Å²) in [6.07, 6.45) is 5.34. The minimum absolute atomic E-state index is 0. The van der Waals surface area contributed by atoms with E-state index >= 15 is 0 Å². The number of ether oxygens (including phenoxy) is 1. The lowest BCUT2D eigenvalue weighted by atomic mass is 9.98. The molecule has 0 saturated carbocycles. The fourth-order valence-electron chi connectivity index (χ4n) is 3.16. The van der Waals surface area contributed by atoms with Gasteiger partial charge in [0.1, 0.15) is 11.5 Å². The summed E-state index contributed by atoms with van der Waals surface area (Å²) in [5, 5.41) is 10.7. The topological polar surface area (TPSA) is 94.0 Å². The lowest BCUT2D eigenvalue weighted by Gasteiger charge is -2.19. The number of hydrogen-bond acceptors (Lipinski definition) is 6. The largest absolute Gasteiger partial charge is 0.456 e. The third-order valence-electron chi connectivity index (χ3n) is 4.70. The van der Waals surface area contributed by atoms with Crippen molar-refractivity contribution in [1.82, 2.24) is 25.1 Å². The Balaban J connectivity index is 0.00000240. The number of carbonyl (C=O) groups excluding carboxylic acids is 1. The number of nitrogens with one attached hydrogen (secondary N) is 2. The van der Waals surface area contributed by atoms with E-state index in [1.54, 1.807) is 54.5 Å². The Morgan fingerprint density at radius 2 is 1.93 bits per heavy atom. The molecule has 0 atom stereocenters. The standard InChI is InChI=1S/C20H22N6O2.ClH/c1-26-20(23-18(25-26)14-8-11-21-12-9-14)24-19(27)15-4-6-16(7-5-15)28-17-3-2-10-22-13-17;/h2-7,10,13-14,21H,8-9,11-12H2,1H3,(H,23,24,25,27);1H. The number of rotatable bonds is 5. The highest BCUT2D eigenvalue weighted by atomic mass is 35.5. The number of halogens is 1. The average molecular weight is 415 g/mol. The van der Waals surface area contributed by atoms with Gasteiger partial charge in [0.2, 0.25) is 5.95 Å². The summed E-state index contributed by atoms with van der Waals surface area (Å²) in [6, 6.07) is 10.5. The summed E-state index contributed by atoms with van der Waals surface area (Å²) >= 11 is 0. The van der Waals surface area contributed by atoms with Crippen LogP contribution in [0.15, 0.2) is 48.8 Å². The summed E-state index contributed by atoms with van der Waals surface area (Å²) in [4.78, 5) is 21.1. The number of piperidine rings is 1. The van der Waals surface area contributed by atoms with Crippen molar-refractivity contribution in [3.63, 3.8) is 0 Å². The van der Waals surface area contributed by atoms with Crippen LogP contribution in [0.1, 0.15) is 34.9 Å². The van der Waals surface area contributed by atoms with Gasteiger partial charge in [-0.2, -0.15) is 10.1 Å². The van der Waals surface area contributed by atoms with E-state index in [2.05, 4.69) is 25.7 Å². The second-order valence-electron chi connectivity index (χ2n) is 6.71. The predicted octanol–water partition coefficient (Wildman–Crippen LogP) is 3.14. The summed E-state index contributed by atoms with van der Waals surface area (Å²) in [5.41, 5.74) is 0.518. The van der Waals surface area contributed by atoms with Crippen molar-refractivity contribution < 1.29 is 9.53 Å². The van der Waals surface area contributed by atoms with Crippen molar-refractivity contribution in [2.45, 2.75) is 18.8 Å². The van der Waals surface area contributed by atoms with Crippen LogP contribution in [0.4, 0.5) is 5.95 Å². The van der Waals surface area contributed by atoms with E-state index in [4.69, 9.17) is 4.74 Å². The highest BCUT2D eigenvalue weighted by Crippen LogP contribution is 2.24. The van der Waals surface area contributed by atoms with E-state index in [1.165, 1.54) is 0 Å². The molecule has 3 aromatic rings. The molecule has 1 aliphatic rings. The maximum atomic E-state index is 12.6. The van der Waals surface area contributed by atoms with Crippen molar-refractivity contribution >= 4 is 24.3 Å². The van der Waals surface area contributed by atoms with Gasteiger partial charge in [-0.15, -0.1) is 12.4 Å². The molecule has 3 heterocycles. The Bertz CT molecular complexity index is 939. The zero-order chi connectivity index (χ0) is 19.3. The van der Waals surface area contributed by atoms with Gasteiger partial charge >= 0.3 is 0 Å². The molecule has 0 aliphatic carbocycles. The normalized spacial score (nSPS) is 14.1. The first kappa shape index (κ1) is 20.8. The summed E-state index contributed by atoms with van der Waals surface area (Å²) in [5.74, 6) is 2.62. The van der Waals surface area contributed by atoms with Gasteiger partial charge < -0.3 is 10.1 Å². The molecule has 0 unspecified atom stereocenters. The predicted molar refractivity (Wildman–Crippen MR) is 112 cm³/mol. The van der Waals surface area contributed by atoms with Crippen molar-refractivity contribution in [2.24, 2.45) is 7.05 Å². The van der Waals surface area contributed by atoms with Gasteiger partial charge in [0.15, 0.2) is 5.82 Å². The number of nitrogens with zero attached hydrogens (tertiary/aromatic N) is 4. The van der Waals surface area contributed by atoms with Crippen LogP contribution in [0.2, 0.25) is 0 Å². The molecular formula is C20H23ClN6O2. The Morgan fingerprint density at radius 1 is 1.17 bits per heavy atom. The first-order valence-corrected chi connectivity index (χ1v) is 9.30. The van der Waals surface area contributed by atoms with Crippen LogP contribution in [-0.4, -0.2) is 38.7 Å². The quantitative estimate of drug-likeness (QED) is 0.666. The fraction of sp³-hybridized carbons (Fsp3) is 0.300. The molecule has 9 heteroatoms. The number of benzene rings is 1. The number of pyridine rings is 1. The van der Waals surface area contributed by atoms with Gasteiger partial charge in [-0.25, -0.2) is 4.68 Å². The number of amides is 1. The van der Waals surface area contributed by atoms with E-state index in [0.29, 0.717) is 28.9 Å². The second-order valence-corrected chi connectivity index (χ2v) is 6.71. The van der Waals surface area contributed by atoms with Gasteiger partial charge in [0.05, 0.1) is 6.20 Å². The van der Waals surface area contributed by atoms with E-state index in [0.717, 1.165) is 31.8 Å². The number of aromatic nitrogens is 4. The van der Waals surface area contributed by atoms with Gasteiger partial charge in [0.25, 0.3) is 5.91 Å². The van der Waals surface area contributed by atoms with Crippen LogP contribution in [-0.2, 0) is 7.05 Å². The number of carbonyl (C=O) groups is 1. The minimum atomic E-state index is -0.236. The van der Waals surface area contributed by atoms with Crippen LogP contribution >= 0.6 is 12.4 Å². The summed E-state index contributed by atoms with van der Waals surface area (Å²) < 4.78 is 7.32. The molecule has 0 spiro atoms. The molecule has 2 aromatic heterocycles. The highest BCUT2D eigenvalue weighted by molar-refractivity contribution is 6.03. The Kier molecular flexibility index (Phi) is 6.79. The molecule has 1 fully saturated rings. The monoisotopic (exact) mass is 414 g/mol. The zero-order valence-corrected chi connectivity index (χ0v) is 16.9. The lowest BCUT2D eigenvalue weighted by Crippen LogP contribution is -2.27. The van der Waals surface area contributed by atoms with Gasteiger partial charge in [-0.3, -0.25) is 15.1 Å². The number of aryl methyl sites for hydroxylation is 1. The third-order valence-corrected chi connectivity index (χ3v) is 4.70. The average Bonchev–Trinajstić information content (AvgIpc) is 3.10. The molecule has 1 amide bonds. The zero-order valence-electron chi connectivity index (χ0n) is 16.0. The Labute approximate surface area is 175 Å². The second kappa shape index (κ2) is 9.49. The number of hydrogen-bond donors (Lipinski definition) is 2. The molecule has 1 saturated heterocycles. The SMILES string of the molecule is Cl.Cn1nc(C2CCNCC2)nc1NC(=O)c1ccc(Oc2cccnc2)cc1. The molecule has 8 nitrogen and oxygen atoms in total. The Hall–Kier alpha value is -2.97. The van der Waals surface area contributed by atoms with Crippen LogP contribution in [0.25, 0.3) is 0 Å². The maximum Gasteiger partial charge on any atom is 0.258 e. The van der Waals surface area contributed by atoms with Crippen molar-refractivity contribution in [3.8, 4) is 11.5 Å². The minimum Gasteiger partial charge on any atom is -0.456 e. The van der Waals surface area contributed by atoms with Crippen LogP contribution in [0.3, 0.4) is 0 Å². The molecule has 1 aliphatic heterocycles. The van der Waals surface area contributed by atoms with Crippen LogP contribution in [0.5, 0.6) is 11.5 Å². The smallest absolute Gasteiger partial charge is 0.258 e. The van der Waals surface area contributed by atoms with E-state index in [1.807, 2.05) is 6.07 Å². The molecule has 2 N–H and O–H groups in total. The van der Waals surface area contributed by atoms with E-state index < -0.39 is 0 Å². The van der Waals surface area contributed by atoms with Crippen LogP contribution < -0.4 is 15.4 Å². The van der Waals surface area contributed by atoms with E-state index in [9.17, 15) is 4.79 Å². The van der Waals surface area contributed by atoms with Crippen molar-refractivity contribution in [3.05, 3.63) is 60.2 Å². The van der Waals surface area contributed by atoms with Crippen molar-refractivity contribution in [2.75, 3.05) is 18.4 Å². The maximum absolute atomic E-state index is 12.6. The van der Waals surface area contributed by atoms with Crippen LogP contribution in [0, 0.1) is 0 Å². The first-order chi connectivity index (χ1) is 13.7. The molecular weight excluding hydrogens is 392 g/mol. The molecule has 1 aromatic carbocycles. The van der Waals surface area contributed by atoms with Gasteiger partial charge in [-0.1, -0.05) is 0 Å². The lowest BCUT2D eigenvalue weighted by molar-refractivity contribution is 0.102. The van der Waals surface area contributed by atoms with E-state index in [-0.39, 0.29) is 18.3 Å². The molecule has 0 radical (unpaired) electrons.